The molecule has 1 aromatic rings. The summed E-state index contributed by atoms with van der Waals surface area (Å²) in [4.78, 5) is 11.7. The predicted molar refractivity (Wildman–Crippen MR) is 109 cm³/mol. The lowest BCUT2D eigenvalue weighted by Gasteiger charge is -2.45. The number of nitrogens with zero attached hydrogens (tertiary/aromatic N) is 3. The quantitative estimate of drug-likeness (QED) is 0.657. The number of aryl methyl sites for hydroxylation is 1. The highest BCUT2D eigenvalue weighted by Crippen LogP contribution is 2.42. The van der Waals surface area contributed by atoms with E-state index in [1.54, 1.807) is 0 Å². The Morgan fingerprint density at radius 2 is 2.20 bits per heavy atom. The van der Waals surface area contributed by atoms with E-state index in [1.807, 2.05) is 12.4 Å². The summed E-state index contributed by atoms with van der Waals surface area (Å²) in [6.45, 7) is 8.35. The van der Waals surface area contributed by atoms with Crippen molar-refractivity contribution in [1.29, 1.82) is 0 Å². The number of pyridine rings is 1. The van der Waals surface area contributed by atoms with Crippen molar-refractivity contribution in [3.05, 3.63) is 29.6 Å². The molecule has 0 aromatic carbocycles. The normalized spacial score (nSPS) is 20.7. The Labute approximate surface area is 156 Å². The van der Waals surface area contributed by atoms with Crippen molar-refractivity contribution in [3.8, 4) is 0 Å². The highest BCUT2D eigenvalue weighted by molar-refractivity contribution is 8.00. The van der Waals surface area contributed by atoms with Gasteiger partial charge in [0.15, 0.2) is 5.96 Å². The van der Waals surface area contributed by atoms with E-state index in [-0.39, 0.29) is 0 Å². The fourth-order valence-electron chi connectivity index (χ4n) is 4.02. The van der Waals surface area contributed by atoms with Gasteiger partial charge in [-0.1, -0.05) is 19.3 Å². The summed E-state index contributed by atoms with van der Waals surface area (Å²) in [5.41, 5.74) is 2.62. The van der Waals surface area contributed by atoms with Crippen molar-refractivity contribution >= 4 is 17.7 Å². The Hall–Kier alpha value is -1.23. The zero-order valence-electron chi connectivity index (χ0n) is 15.8. The highest BCUT2D eigenvalue weighted by atomic mass is 32.2. The molecule has 1 aliphatic carbocycles. The van der Waals surface area contributed by atoms with Crippen LogP contribution in [0, 0.1) is 6.92 Å². The van der Waals surface area contributed by atoms with Gasteiger partial charge in [0.2, 0.25) is 0 Å². The summed E-state index contributed by atoms with van der Waals surface area (Å²) in [7, 11) is 0. The number of nitrogens with one attached hydrogen (secondary N) is 1. The summed E-state index contributed by atoms with van der Waals surface area (Å²) in [6.07, 6.45) is 11.8. The van der Waals surface area contributed by atoms with Crippen LogP contribution in [0.4, 0.5) is 0 Å². The molecular formula is C20H32N4S. The molecule has 1 saturated heterocycles. The number of rotatable bonds is 4. The van der Waals surface area contributed by atoms with Crippen molar-refractivity contribution in [3.63, 3.8) is 0 Å². The minimum atomic E-state index is 0.481. The largest absolute Gasteiger partial charge is 0.357 e. The highest BCUT2D eigenvalue weighted by Gasteiger charge is 2.38. The lowest BCUT2D eigenvalue weighted by molar-refractivity contribution is 0.293. The number of thioether (sulfide) groups is 1. The SMILES string of the molecule is CCNC(=NCCc1ccncc1C)N1CCSC2(CCCCC2)C1. The predicted octanol–water partition coefficient (Wildman–Crippen LogP) is 3.65. The Balaban J connectivity index is 1.64. The molecule has 4 nitrogen and oxygen atoms in total. The van der Waals surface area contributed by atoms with Crippen LogP contribution in [0.5, 0.6) is 0 Å². The van der Waals surface area contributed by atoms with Gasteiger partial charge in [-0.3, -0.25) is 9.98 Å². The first-order chi connectivity index (χ1) is 12.2. The second-order valence-corrected chi connectivity index (χ2v) is 8.86. The van der Waals surface area contributed by atoms with Gasteiger partial charge in [0.05, 0.1) is 0 Å². The van der Waals surface area contributed by atoms with Gasteiger partial charge >= 0.3 is 0 Å². The third kappa shape index (κ3) is 4.90. The number of guanidine groups is 1. The van der Waals surface area contributed by atoms with Crippen LogP contribution in [-0.2, 0) is 6.42 Å². The van der Waals surface area contributed by atoms with Crippen molar-refractivity contribution < 1.29 is 0 Å². The maximum absolute atomic E-state index is 4.95. The maximum atomic E-state index is 4.95. The first-order valence-corrected chi connectivity index (χ1v) is 10.8. The van der Waals surface area contributed by atoms with Gasteiger partial charge in [-0.15, -0.1) is 0 Å². The molecule has 1 aliphatic heterocycles. The van der Waals surface area contributed by atoms with Gasteiger partial charge in [0.1, 0.15) is 0 Å². The van der Waals surface area contributed by atoms with Crippen molar-refractivity contribution in [2.45, 2.75) is 57.1 Å². The smallest absolute Gasteiger partial charge is 0.193 e. The molecule has 1 aromatic heterocycles. The molecule has 0 radical (unpaired) electrons. The van der Waals surface area contributed by atoms with E-state index in [4.69, 9.17) is 4.99 Å². The Kier molecular flexibility index (Phi) is 6.63. The van der Waals surface area contributed by atoms with E-state index >= 15 is 0 Å². The van der Waals surface area contributed by atoms with E-state index in [9.17, 15) is 0 Å². The molecule has 2 heterocycles. The van der Waals surface area contributed by atoms with E-state index in [1.165, 1.54) is 49.0 Å². The third-order valence-corrected chi connectivity index (χ3v) is 6.96. The van der Waals surface area contributed by atoms with Gasteiger partial charge in [0, 0.05) is 49.1 Å². The first-order valence-electron chi connectivity index (χ1n) is 9.79. The van der Waals surface area contributed by atoms with Crippen LogP contribution in [0.15, 0.2) is 23.5 Å². The van der Waals surface area contributed by atoms with Crippen LogP contribution in [-0.4, -0.2) is 52.5 Å². The van der Waals surface area contributed by atoms with E-state index in [0.717, 1.165) is 38.6 Å². The van der Waals surface area contributed by atoms with Gasteiger partial charge in [0.25, 0.3) is 0 Å². The zero-order chi connectivity index (χ0) is 17.5. The lowest BCUT2D eigenvalue weighted by atomic mass is 9.87. The fourth-order valence-corrected chi connectivity index (χ4v) is 5.58. The second kappa shape index (κ2) is 8.93. The van der Waals surface area contributed by atoms with E-state index in [2.05, 4.69) is 46.9 Å². The second-order valence-electron chi connectivity index (χ2n) is 7.30. The van der Waals surface area contributed by atoms with Crippen LogP contribution < -0.4 is 5.32 Å². The summed E-state index contributed by atoms with van der Waals surface area (Å²) >= 11 is 2.22. The maximum Gasteiger partial charge on any atom is 0.193 e. The minimum Gasteiger partial charge on any atom is -0.357 e. The van der Waals surface area contributed by atoms with Gasteiger partial charge < -0.3 is 10.2 Å². The molecule has 0 amide bonds. The molecule has 0 unspecified atom stereocenters. The van der Waals surface area contributed by atoms with Crippen LogP contribution in [0.3, 0.4) is 0 Å². The minimum absolute atomic E-state index is 0.481. The number of aliphatic imine (C=N–C) groups is 1. The Bertz CT molecular complexity index is 575. The van der Waals surface area contributed by atoms with Crippen molar-refractivity contribution in [1.82, 2.24) is 15.2 Å². The standard InChI is InChI=1S/C20H32N4S/c1-3-22-19(23-12-8-18-7-11-21-15-17(18)2)24-13-14-25-20(16-24)9-5-4-6-10-20/h7,11,15H,3-6,8-10,12-14,16H2,1-2H3,(H,22,23). The summed E-state index contributed by atoms with van der Waals surface area (Å²) < 4.78 is 0.481. The third-order valence-electron chi connectivity index (χ3n) is 5.43. The molecule has 1 N–H and O–H groups in total. The molecule has 1 saturated carbocycles. The molecule has 3 rings (SSSR count). The monoisotopic (exact) mass is 360 g/mol. The zero-order valence-corrected chi connectivity index (χ0v) is 16.6. The summed E-state index contributed by atoms with van der Waals surface area (Å²) in [5.74, 6) is 2.34. The Morgan fingerprint density at radius 3 is 2.96 bits per heavy atom. The topological polar surface area (TPSA) is 40.5 Å². The first kappa shape index (κ1) is 18.6. The van der Waals surface area contributed by atoms with Crippen LogP contribution in [0.1, 0.15) is 50.2 Å². The molecule has 0 atom stereocenters. The molecule has 5 heteroatoms. The van der Waals surface area contributed by atoms with Crippen LogP contribution >= 0.6 is 11.8 Å². The average molecular weight is 361 g/mol. The molecule has 2 fully saturated rings. The molecular weight excluding hydrogens is 328 g/mol. The van der Waals surface area contributed by atoms with E-state index in [0.29, 0.717) is 4.75 Å². The van der Waals surface area contributed by atoms with Crippen LogP contribution in [0.25, 0.3) is 0 Å². The lowest BCUT2D eigenvalue weighted by Crippen LogP contribution is -2.53. The number of hydrogen-bond acceptors (Lipinski definition) is 3. The Morgan fingerprint density at radius 1 is 1.36 bits per heavy atom. The summed E-state index contributed by atoms with van der Waals surface area (Å²) in [5, 5.41) is 3.53. The van der Waals surface area contributed by atoms with Gasteiger partial charge in [-0.25, -0.2) is 0 Å². The molecule has 25 heavy (non-hydrogen) atoms. The molecule has 2 aliphatic rings. The van der Waals surface area contributed by atoms with Gasteiger partial charge in [-0.2, -0.15) is 11.8 Å². The van der Waals surface area contributed by atoms with E-state index < -0.39 is 0 Å². The molecule has 0 bridgehead atoms. The van der Waals surface area contributed by atoms with Crippen LogP contribution in [0.2, 0.25) is 0 Å². The van der Waals surface area contributed by atoms with Crippen molar-refractivity contribution in [2.24, 2.45) is 4.99 Å². The molecule has 138 valence electrons. The van der Waals surface area contributed by atoms with Crippen molar-refractivity contribution in [2.75, 3.05) is 31.9 Å². The van der Waals surface area contributed by atoms with Gasteiger partial charge in [-0.05, 0) is 50.3 Å². The average Bonchev–Trinajstić information content (AvgIpc) is 2.63. The molecule has 1 spiro atoms. The number of hydrogen-bond donors (Lipinski definition) is 1. The summed E-state index contributed by atoms with van der Waals surface area (Å²) in [6, 6.07) is 2.12. The number of aromatic nitrogens is 1. The fraction of sp³-hybridized carbons (Fsp3) is 0.700.